The number of carbonyl (C=O) groups is 1. The molecule has 20 heavy (non-hydrogen) atoms. The van der Waals surface area contributed by atoms with Gasteiger partial charge < -0.3 is 10.2 Å². The standard InChI is InChI=1S/C15H24N4O/c20-15(9-12-3-1-6-16-10-12)19-8-2-4-13(11-19)14-5-7-17-18-14/h5,7,12-13,16H,1-4,6,8-11H2,(H,17,18). The molecule has 0 spiro atoms. The number of hydrogen-bond acceptors (Lipinski definition) is 3. The molecule has 2 aliphatic heterocycles. The molecule has 110 valence electrons. The minimum atomic E-state index is 0.336. The van der Waals surface area contributed by atoms with E-state index in [1.807, 2.05) is 6.07 Å². The Labute approximate surface area is 120 Å². The van der Waals surface area contributed by atoms with E-state index in [9.17, 15) is 4.79 Å². The average molecular weight is 276 g/mol. The van der Waals surface area contributed by atoms with Crippen LogP contribution in [-0.4, -0.2) is 47.2 Å². The second-order valence-electron chi connectivity index (χ2n) is 6.11. The summed E-state index contributed by atoms with van der Waals surface area (Å²) in [5.74, 6) is 1.30. The maximum absolute atomic E-state index is 12.5. The van der Waals surface area contributed by atoms with E-state index < -0.39 is 0 Å². The number of carbonyl (C=O) groups excluding carboxylic acids is 1. The second-order valence-corrected chi connectivity index (χ2v) is 6.11. The molecule has 2 fully saturated rings. The van der Waals surface area contributed by atoms with Crippen LogP contribution in [0.5, 0.6) is 0 Å². The van der Waals surface area contributed by atoms with Gasteiger partial charge in [0.1, 0.15) is 0 Å². The van der Waals surface area contributed by atoms with Gasteiger partial charge in [0.25, 0.3) is 0 Å². The molecule has 2 aliphatic rings. The van der Waals surface area contributed by atoms with Gasteiger partial charge in [-0.15, -0.1) is 0 Å². The highest BCUT2D eigenvalue weighted by molar-refractivity contribution is 5.76. The van der Waals surface area contributed by atoms with E-state index in [1.165, 1.54) is 18.5 Å². The highest BCUT2D eigenvalue weighted by Crippen LogP contribution is 2.26. The van der Waals surface area contributed by atoms with Gasteiger partial charge in [-0.3, -0.25) is 9.89 Å². The van der Waals surface area contributed by atoms with Gasteiger partial charge in [-0.05, 0) is 50.8 Å². The molecule has 2 atom stereocenters. The van der Waals surface area contributed by atoms with E-state index in [2.05, 4.69) is 20.4 Å². The van der Waals surface area contributed by atoms with Crippen molar-refractivity contribution in [1.29, 1.82) is 0 Å². The molecule has 0 aromatic carbocycles. The third kappa shape index (κ3) is 3.20. The first-order valence-corrected chi connectivity index (χ1v) is 7.80. The first-order chi connectivity index (χ1) is 9.83. The van der Waals surface area contributed by atoms with Gasteiger partial charge in [-0.25, -0.2) is 0 Å². The fourth-order valence-electron chi connectivity index (χ4n) is 3.43. The van der Waals surface area contributed by atoms with Gasteiger partial charge in [-0.1, -0.05) is 0 Å². The lowest BCUT2D eigenvalue weighted by Gasteiger charge is -2.33. The number of likely N-dealkylation sites (tertiary alicyclic amines) is 1. The van der Waals surface area contributed by atoms with Crippen LogP contribution in [0.3, 0.4) is 0 Å². The number of rotatable bonds is 3. The Balaban J connectivity index is 1.54. The van der Waals surface area contributed by atoms with Gasteiger partial charge >= 0.3 is 0 Å². The Morgan fingerprint density at radius 2 is 2.35 bits per heavy atom. The van der Waals surface area contributed by atoms with E-state index in [-0.39, 0.29) is 0 Å². The van der Waals surface area contributed by atoms with Gasteiger partial charge in [0.2, 0.25) is 5.91 Å². The Bertz CT molecular complexity index is 425. The molecule has 5 nitrogen and oxygen atoms in total. The molecule has 0 radical (unpaired) electrons. The Hall–Kier alpha value is -1.36. The molecule has 2 saturated heterocycles. The molecule has 0 aliphatic carbocycles. The summed E-state index contributed by atoms with van der Waals surface area (Å²) in [6.07, 6.45) is 7.15. The number of H-pyrrole nitrogens is 1. The summed E-state index contributed by atoms with van der Waals surface area (Å²) < 4.78 is 0. The largest absolute Gasteiger partial charge is 0.342 e. The summed E-state index contributed by atoms with van der Waals surface area (Å²) in [6, 6.07) is 2.03. The zero-order chi connectivity index (χ0) is 13.8. The van der Waals surface area contributed by atoms with Crippen LogP contribution in [0.2, 0.25) is 0 Å². The molecule has 0 bridgehead atoms. The topological polar surface area (TPSA) is 61.0 Å². The van der Waals surface area contributed by atoms with Gasteiger partial charge in [0.15, 0.2) is 0 Å². The van der Waals surface area contributed by atoms with E-state index in [1.54, 1.807) is 6.20 Å². The number of hydrogen-bond donors (Lipinski definition) is 2. The van der Waals surface area contributed by atoms with Crippen molar-refractivity contribution < 1.29 is 4.79 Å². The summed E-state index contributed by atoms with van der Waals surface area (Å²) in [6.45, 7) is 3.88. The summed E-state index contributed by atoms with van der Waals surface area (Å²) in [5.41, 5.74) is 1.17. The highest BCUT2D eigenvalue weighted by Gasteiger charge is 2.27. The number of aromatic nitrogens is 2. The lowest BCUT2D eigenvalue weighted by molar-refractivity contribution is -0.133. The summed E-state index contributed by atoms with van der Waals surface area (Å²) in [4.78, 5) is 14.5. The second kappa shape index (κ2) is 6.39. The lowest BCUT2D eigenvalue weighted by Crippen LogP contribution is -2.41. The summed E-state index contributed by atoms with van der Waals surface area (Å²) in [7, 11) is 0. The normalized spacial score (nSPS) is 27.5. The molecular weight excluding hydrogens is 252 g/mol. The predicted octanol–water partition coefficient (Wildman–Crippen LogP) is 1.51. The maximum Gasteiger partial charge on any atom is 0.222 e. The lowest BCUT2D eigenvalue weighted by atomic mass is 9.92. The molecule has 1 amide bonds. The summed E-state index contributed by atoms with van der Waals surface area (Å²) in [5, 5.41) is 10.5. The molecule has 1 aromatic heterocycles. The molecule has 3 rings (SSSR count). The minimum absolute atomic E-state index is 0.336. The summed E-state index contributed by atoms with van der Waals surface area (Å²) >= 11 is 0. The fraction of sp³-hybridized carbons (Fsp3) is 0.733. The van der Waals surface area contributed by atoms with E-state index in [0.29, 0.717) is 24.2 Å². The first-order valence-electron chi connectivity index (χ1n) is 7.80. The van der Waals surface area contributed by atoms with Crippen LogP contribution in [0.4, 0.5) is 0 Å². The average Bonchev–Trinajstić information content (AvgIpc) is 3.03. The van der Waals surface area contributed by atoms with Crippen LogP contribution >= 0.6 is 0 Å². The Morgan fingerprint density at radius 3 is 3.10 bits per heavy atom. The van der Waals surface area contributed by atoms with Crippen molar-refractivity contribution in [3.05, 3.63) is 18.0 Å². The minimum Gasteiger partial charge on any atom is -0.342 e. The maximum atomic E-state index is 12.5. The van der Waals surface area contributed by atoms with Crippen molar-refractivity contribution in [3.63, 3.8) is 0 Å². The zero-order valence-corrected chi connectivity index (χ0v) is 12.0. The van der Waals surface area contributed by atoms with Gasteiger partial charge in [-0.2, -0.15) is 5.10 Å². The molecule has 5 heteroatoms. The van der Waals surface area contributed by atoms with Crippen LogP contribution in [0.1, 0.15) is 43.7 Å². The zero-order valence-electron chi connectivity index (χ0n) is 12.0. The third-order valence-electron chi connectivity index (χ3n) is 4.60. The van der Waals surface area contributed by atoms with Gasteiger partial charge in [0, 0.05) is 37.3 Å². The SMILES string of the molecule is O=C(CC1CCCNC1)N1CCCC(c2ccn[nH]2)C1. The predicted molar refractivity (Wildman–Crippen MR) is 77.4 cm³/mol. The van der Waals surface area contributed by atoms with E-state index in [4.69, 9.17) is 0 Å². The quantitative estimate of drug-likeness (QED) is 0.879. The van der Waals surface area contributed by atoms with Crippen molar-refractivity contribution in [2.75, 3.05) is 26.2 Å². The fourth-order valence-corrected chi connectivity index (χ4v) is 3.43. The van der Waals surface area contributed by atoms with Crippen LogP contribution in [0, 0.1) is 5.92 Å². The first kappa shape index (κ1) is 13.6. The van der Waals surface area contributed by atoms with Crippen LogP contribution in [-0.2, 0) is 4.79 Å². The number of piperidine rings is 2. The Kier molecular flexibility index (Phi) is 4.35. The Morgan fingerprint density at radius 1 is 1.40 bits per heavy atom. The molecule has 0 saturated carbocycles. The highest BCUT2D eigenvalue weighted by atomic mass is 16.2. The van der Waals surface area contributed by atoms with Gasteiger partial charge in [0.05, 0.1) is 0 Å². The van der Waals surface area contributed by atoms with Crippen molar-refractivity contribution >= 4 is 5.91 Å². The number of aromatic amines is 1. The molecule has 3 heterocycles. The van der Waals surface area contributed by atoms with Crippen molar-refractivity contribution in [2.45, 2.75) is 38.0 Å². The molecular formula is C15H24N4O. The van der Waals surface area contributed by atoms with Crippen LogP contribution in [0.15, 0.2) is 12.3 Å². The molecule has 2 unspecified atom stereocenters. The van der Waals surface area contributed by atoms with Crippen molar-refractivity contribution in [2.24, 2.45) is 5.92 Å². The third-order valence-corrected chi connectivity index (χ3v) is 4.60. The van der Waals surface area contributed by atoms with E-state index in [0.717, 1.165) is 39.0 Å². The molecule has 2 N–H and O–H groups in total. The van der Waals surface area contributed by atoms with Crippen LogP contribution < -0.4 is 5.32 Å². The monoisotopic (exact) mass is 276 g/mol. The van der Waals surface area contributed by atoms with E-state index >= 15 is 0 Å². The van der Waals surface area contributed by atoms with Crippen molar-refractivity contribution in [3.8, 4) is 0 Å². The van der Waals surface area contributed by atoms with Crippen molar-refractivity contribution in [1.82, 2.24) is 20.4 Å². The number of nitrogens with zero attached hydrogens (tertiary/aromatic N) is 2. The number of amides is 1. The number of nitrogens with one attached hydrogen (secondary N) is 2. The van der Waals surface area contributed by atoms with Crippen LogP contribution in [0.25, 0.3) is 0 Å². The molecule has 1 aromatic rings. The smallest absolute Gasteiger partial charge is 0.222 e.